The van der Waals surface area contributed by atoms with Crippen molar-refractivity contribution in [1.82, 2.24) is 0 Å². The molecule has 4 nitrogen and oxygen atoms in total. The Hall–Kier alpha value is -1.07. The Morgan fingerprint density at radius 2 is 1.38 bits per heavy atom. The Morgan fingerprint density at radius 1 is 1.06 bits per heavy atom. The zero-order chi connectivity index (χ0) is 12.9. The number of rotatable bonds is 1. The predicted molar refractivity (Wildman–Crippen MR) is 66.4 cm³/mol. The highest BCUT2D eigenvalue weighted by atomic mass is 32.2. The zero-order valence-corrected chi connectivity index (χ0v) is 11.2. The number of methoxy groups -OCH3 is 1. The summed E-state index contributed by atoms with van der Waals surface area (Å²) in [6.45, 7) is 8.43. The first-order valence-electron chi connectivity index (χ1n) is 4.81. The molecule has 0 aliphatic rings. The first-order valence-corrected chi connectivity index (χ1v) is 6.06. The van der Waals surface area contributed by atoms with E-state index in [9.17, 15) is 0 Å². The highest BCUT2D eigenvalue weighted by Gasteiger charge is 2.07. The molecule has 1 rings (SSSR count). The number of ether oxygens (including phenoxy) is 1. The van der Waals surface area contributed by atoms with E-state index in [4.69, 9.17) is 13.2 Å². The highest BCUT2D eigenvalue weighted by molar-refractivity contribution is 7.69. The van der Waals surface area contributed by atoms with Crippen molar-refractivity contribution in [1.29, 1.82) is 0 Å². The van der Waals surface area contributed by atoms with Crippen LogP contribution < -0.4 is 9.88 Å². The van der Waals surface area contributed by atoms with Crippen LogP contribution in [0.2, 0.25) is 0 Å². The Bertz CT molecular complexity index is 405. The molecule has 0 aliphatic carbocycles. The van der Waals surface area contributed by atoms with Crippen LogP contribution in [0.25, 0.3) is 0 Å². The van der Waals surface area contributed by atoms with E-state index in [1.807, 2.05) is 0 Å². The molecule has 0 heterocycles. The third kappa shape index (κ3) is 4.20. The fraction of sp³-hybridized carbons (Fsp3) is 0.455. The fourth-order valence-electron chi connectivity index (χ4n) is 1.49. The molecule has 1 aromatic carbocycles. The summed E-state index contributed by atoms with van der Waals surface area (Å²) in [5.74, 6) is 1.03. The summed E-state index contributed by atoms with van der Waals surface area (Å²) < 4.78 is 23.0. The van der Waals surface area contributed by atoms with Gasteiger partial charge in [-0.05, 0) is 49.9 Å². The van der Waals surface area contributed by atoms with Gasteiger partial charge in [-0.2, -0.15) is 0 Å². The van der Waals surface area contributed by atoms with E-state index in [1.165, 1.54) is 22.3 Å². The zero-order valence-electron chi connectivity index (χ0n) is 10.3. The normalized spacial score (nSPS) is 9.69. The third-order valence-corrected chi connectivity index (χ3v) is 2.50. The number of aryl methyl sites for hydroxylation is 2. The van der Waals surface area contributed by atoms with Gasteiger partial charge >= 0.3 is 0 Å². The summed E-state index contributed by atoms with van der Waals surface area (Å²) in [5, 5.41) is 4.06. The van der Waals surface area contributed by atoms with Gasteiger partial charge in [-0.3, -0.25) is 0 Å². The van der Waals surface area contributed by atoms with Crippen molar-refractivity contribution in [3.05, 3.63) is 28.3 Å². The van der Waals surface area contributed by atoms with Crippen molar-refractivity contribution >= 4 is 10.9 Å². The molecule has 16 heavy (non-hydrogen) atoms. The van der Waals surface area contributed by atoms with Crippen LogP contribution in [-0.4, -0.2) is 15.5 Å². The second-order valence-electron chi connectivity index (χ2n) is 3.58. The molecule has 5 heteroatoms. The minimum atomic E-state index is -2.62. The lowest BCUT2D eigenvalue weighted by Crippen LogP contribution is -1.95. The van der Waals surface area contributed by atoms with Gasteiger partial charge in [0.2, 0.25) is 0 Å². The maximum atomic E-state index is 8.81. The number of hydrogen-bond acceptors (Lipinski definition) is 3. The molecule has 0 unspecified atom stereocenters. The molecule has 2 N–H and O–H groups in total. The molecule has 0 aromatic heterocycles. The molecule has 92 valence electrons. The largest absolute Gasteiger partial charge is 0.496 e. The molecular formula is C11H19NO3S. The molecule has 0 amide bonds. The molecule has 0 saturated heterocycles. The van der Waals surface area contributed by atoms with Crippen LogP contribution in [0.3, 0.4) is 0 Å². The Morgan fingerprint density at radius 3 is 1.62 bits per heavy atom. The average Bonchev–Trinajstić information content (AvgIpc) is 2.15. The third-order valence-electron chi connectivity index (χ3n) is 2.50. The molecule has 0 atom stereocenters. The van der Waals surface area contributed by atoms with Crippen molar-refractivity contribution in [3.8, 4) is 5.75 Å². The smallest absolute Gasteiger partial charge is 0.198 e. The van der Waals surface area contributed by atoms with E-state index in [-0.39, 0.29) is 0 Å². The lowest BCUT2D eigenvalue weighted by Gasteiger charge is -2.13. The number of benzene rings is 1. The van der Waals surface area contributed by atoms with Crippen LogP contribution in [-0.2, 0) is 10.9 Å². The predicted octanol–water partition coefficient (Wildman–Crippen LogP) is 1.40. The molecule has 0 saturated carbocycles. The van der Waals surface area contributed by atoms with Crippen molar-refractivity contribution in [3.63, 3.8) is 0 Å². The Kier molecular flexibility index (Phi) is 6.06. The van der Waals surface area contributed by atoms with Crippen molar-refractivity contribution in [2.75, 3.05) is 7.11 Å². The van der Waals surface area contributed by atoms with E-state index in [2.05, 4.69) is 38.9 Å². The maximum absolute atomic E-state index is 8.81. The summed E-state index contributed by atoms with van der Waals surface area (Å²) in [4.78, 5) is 0. The summed E-state index contributed by atoms with van der Waals surface area (Å²) in [6, 6.07) is 2.20. The second kappa shape index (κ2) is 6.50. The summed E-state index contributed by atoms with van der Waals surface area (Å²) >= 11 is 0. The standard InChI is InChI=1S/C11H16O.H3NO2S/c1-7-6-8(2)10(4)11(12-5)9(7)3;1-4(2)3/h6H,1-5H3;4H,(H2,1,2,3). The van der Waals surface area contributed by atoms with Gasteiger partial charge in [0.1, 0.15) is 5.75 Å². The first kappa shape index (κ1) is 14.9. The Balaban J connectivity index is 0.000000487. The first-order chi connectivity index (χ1) is 7.31. The van der Waals surface area contributed by atoms with E-state index < -0.39 is 10.9 Å². The van der Waals surface area contributed by atoms with Crippen LogP contribution >= 0.6 is 0 Å². The van der Waals surface area contributed by atoms with Gasteiger partial charge in [0.05, 0.1) is 7.11 Å². The van der Waals surface area contributed by atoms with E-state index in [1.54, 1.807) is 7.11 Å². The van der Waals surface area contributed by atoms with E-state index in [0.29, 0.717) is 0 Å². The van der Waals surface area contributed by atoms with Crippen molar-refractivity contribution in [2.45, 2.75) is 27.7 Å². The van der Waals surface area contributed by atoms with E-state index in [0.717, 1.165) is 5.75 Å². The molecule has 0 radical (unpaired) electrons. The van der Waals surface area contributed by atoms with Crippen LogP contribution in [0.1, 0.15) is 22.3 Å². The minimum Gasteiger partial charge on any atom is -0.496 e. The van der Waals surface area contributed by atoms with Gasteiger partial charge in [-0.15, -0.1) is 0 Å². The van der Waals surface area contributed by atoms with Gasteiger partial charge in [0, 0.05) is 0 Å². The molecule has 0 bridgehead atoms. The fourth-order valence-corrected chi connectivity index (χ4v) is 1.49. The van der Waals surface area contributed by atoms with Gasteiger partial charge in [-0.25, -0.2) is 13.6 Å². The summed E-state index contributed by atoms with van der Waals surface area (Å²) in [5.41, 5.74) is 5.10. The quantitative estimate of drug-likeness (QED) is 0.735. The summed E-state index contributed by atoms with van der Waals surface area (Å²) in [6.07, 6.45) is 0. The molecule has 0 aliphatic heterocycles. The van der Waals surface area contributed by atoms with Crippen LogP contribution in [0.4, 0.5) is 0 Å². The van der Waals surface area contributed by atoms with Crippen molar-refractivity contribution in [2.24, 2.45) is 5.14 Å². The van der Waals surface area contributed by atoms with Gasteiger partial charge < -0.3 is 4.74 Å². The SMILES string of the molecule is COc1c(C)c(C)cc(C)c1C.N[SH](=O)=O. The molecule has 1 aromatic rings. The maximum Gasteiger partial charge on any atom is 0.198 e. The lowest BCUT2D eigenvalue weighted by molar-refractivity contribution is 0.407. The van der Waals surface area contributed by atoms with Crippen LogP contribution in [0.15, 0.2) is 6.07 Å². The van der Waals surface area contributed by atoms with Gasteiger partial charge in [0.25, 0.3) is 0 Å². The lowest BCUT2D eigenvalue weighted by atomic mass is 10.0. The minimum absolute atomic E-state index is 1.03. The molecular weight excluding hydrogens is 226 g/mol. The number of hydrogen-bond donors (Lipinski definition) is 2. The van der Waals surface area contributed by atoms with Gasteiger partial charge in [-0.1, -0.05) is 6.07 Å². The number of thiol groups is 1. The van der Waals surface area contributed by atoms with Crippen LogP contribution in [0, 0.1) is 27.7 Å². The van der Waals surface area contributed by atoms with Crippen molar-refractivity contribution < 1.29 is 13.2 Å². The monoisotopic (exact) mass is 245 g/mol. The average molecular weight is 245 g/mol. The topological polar surface area (TPSA) is 69.4 Å². The Labute approximate surface area is 98.5 Å². The summed E-state index contributed by atoms with van der Waals surface area (Å²) in [7, 11) is -0.890. The van der Waals surface area contributed by atoms with Crippen LogP contribution in [0.5, 0.6) is 5.75 Å². The number of nitrogens with two attached hydrogens (primary N) is 1. The van der Waals surface area contributed by atoms with E-state index >= 15 is 0 Å². The van der Waals surface area contributed by atoms with Gasteiger partial charge in [0.15, 0.2) is 10.9 Å². The highest BCUT2D eigenvalue weighted by Crippen LogP contribution is 2.28. The molecule has 0 fully saturated rings. The second-order valence-corrected chi connectivity index (χ2v) is 4.15. The molecule has 0 spiro atoms.